The zero-order valence-corrected chi connectivity index (χ0v) is 14.8. The summed E-state index contributed by atoms with van der Waals surface area (Å²) in [6, 6.07) is 14.7. The number of rotatable bonds is 5. The second kappa shape index (κ2) is 8.47. The number of carbonyl (C=O) groups is 1. The number of nitrogens with zero attached hydrogens (tertiary/aromatic N) is 2. The van der Waals surface area contributed by atoms with Crippen LogP contribution in [0.2, 0.25) is 0 Å². The van der Waals surface area contributed by atoms with Crippen LogP contribution >= 0.6 is 0 Å². The van der Waals surface area contributed by atoms with Crippen LogP contribution in [0.25, 0.3) is 0 Å². The first-order chi connectivity index (χ1) is 12.7. The van der Waals surface area contributed by atoms with Gasteiger partial charge in [0.2, 0.25) is 5.91 Å². The van der Waals surface area contributed by atoms with Gasteiger partial charge in [-0.25, -0.2) is 4.39 Å². The van der Waals surface area contributed by atoms with E-state index in [9.17, 15) is 9.18 Å². The van der Waals surface area contributed by atoms with Crippen LogP contribution in [-0.4, -0.2) is 38.5 Å². The summed E-state index contributed by atoms with van der Waals surface area (Å²) >= 11 is 0. The smallest absolute Gasteiger partial charge is 0.246 e. The van der Waals surface area contributed by atoms with Crippen molar-refractivity contribution in [2.45, 2.75) is 12.8 Å². The summed E-state index contributed by atoms with van der Waals surface area (Å²) in [7, 11) is 1.65. The molecule has 5 nitrogen and oxygen atoms in total. The first-order valence-corrected chi connectivity index (χ1v) is 8.75. The Morgan fingerprint density at radius 3 is 2.73 bits per heavy atom. The fraction of sp³-hybridized carbons (Fsp3) is 0.300. The Balaban J connectivity index is 1.47. The molecule has 0 aliphatic carbocycles. The molecule has 0 saturated carbocycles. The molecule has 136 valence electrons. The Hall–Kier alpha value is -2.89. The van der Waals surface area contributed by atoms with Crippen LogP contribution in [0, 0.1) is 5.82 Å². The number of halogens is 1. The van der Waals surface area contributed by atoms with Gasteiger partial charge in [0.1, 0.15) is 5.82 Å². The lowest BCUT2D eigenvalue weighted by molar-refractivity contribution is -0.117. The van der Waals surface area contributed by atoms with Gasteiger partial charge in [-0.1, -0.05) is 36.4 Å². The Kier molecular flexibility index (Phi) is 5.84. The highest BCUT2D eigenvalue weighted by molar-refractivity contribution is 5.98. The second-order valence-corrected chi connectivity index (χ2v) is 6.12. The molecule has 1 heterocycles. The lowest BCUT2D eigenvalue weighted by Gasteiger charge is -2.19. The van der Waals surface area contributed by atoms with E-state index in [-0.39, 0.29) is 18.3 Å². The van der Waals surface area contributed by atoms with E-state index < -0.39 is 0 Å². The van der Waals surface area contributed by atoms with Crippen LogP contribution in [0.5, 0.6) is 0 Å². The molecule has 0 fully saturated rings. The summed E-state index contributed by atoms with van der Waals surface area (Å²) in [4.78, 5) is 18.4. The fourth-order valence-electron chi connectivity index (χ4n) is 3.09. The largest absolute Gasteiger partial charge is 0.356 e. The number of fused-ring (bicyclic) bond motifs is 1. The summed E-state index contributed by atoms with van der Waals surface area (Å²) in [5.74, 6) is 0.328. The highest BCUT2D eigenvalue weighted by Crippen LogP contribution is 2.27. The van der Waals surface area contributed by atoms with E-state index in [1.807, 2.05) is 24.3 Å². The number of hydrogen-bond donors (Lipinski definition) is 2. The van der Waals surface area contributed by atoms with Crippen LogP contribution in [0.3, 0.4) is 0 Å². The van der Waals surface area contributed by atoms with Gasteiger partial charge in [0.05, 0.1) is 6.54 Å². The van der Waals surface area contributed by atoms with E-state index in [1.54, 1.807) is 24.1 Å². The average molecular weight is 354 g/mol. The SMILES string of the molecule is CN=C(NCCc1ccccc1F)NCC(=O)N1CCc2ccccc21. The number of para-hydroxylation sites is 1. The maximum absolute atomic E-state index is 13.6. The van der Waals surface area contributed by atoms with Gasteiger partial charge < -0.3 is 15.5 Å². The first-order valence-electron chi connectivity index (χ1n) is 8.75. The molecule has 2 aromatic rings. The van der Waals surface area contributed by atoms with Crippen molar-refractivity contribution in [1.82, 2.24) is 10.6 Å². The van der Waals surface area contributed by atoms with Gasteiger partial charge in [0.25, 0.3) is 0 Å². The standard InChI is InChI=1S/C20H23FN4O/c1-22-20(23-12-10-15-6-2-4-8-17(15)21)24-14-19(26)25-13-11-16-7-3-5-9-18(16)25/h2-9H,10-14H2,1H3,(H2,22,23,24). The lowest BCUT2D eigenvalue weighted by atomic mass is 10.1. The number of nitrogens with one attached hydrogen (secondary N) is 2. The molecule has 6 heteroatoms. The molecule has 2 N–H and O–H groups in total. The molecular weight excluding hydrogens is 331 g/mol. The molecule has 0 unspecified atom stereocenters. The summed E-state index contributed by atoms with van der Waals surface area (Å²) in [5.41, 5.74) is 2.84. The molecule has 0 atom stereocenters. The number of aliphatic imine (C=N–C) groups is 1. The van der Waals surface area contributed by atoms with E-state index in [4.69, 9.17) is 0 Å². The molecule has 1 amide bonds. The van der Waals surface area contributed by atoms with Gasteiger partial charge >= 0.3 is 0 Å². The quantitative estimate of drug-likeness (QED) is 0.639. The minimum atomic E-state index is -0.208. The van der Waals surface area contributed by atoms with Crippen LogP contribution in [0.15, 0.2) is 53.5 Å². The summed E-state index contributed by atoms with van der Waals surface area (Å²) in [6.07, 6.45) is 1.43. The molecule has 2 aromatic carbocycles. The van der Waals surface area contributed by atoms with Crippen LogP contribution in [0.1, 0.15) is 11.1 Å². The molecule has 3 rings (SSSR count). The van der Waals surface area contributed by atoms with Gasteiger partial charge in [-0.05, 0) is 36.1 Å². The van der Waals surface area contributed by atoms with Crippen LogP contribution < -0.4 is 15.5 Å². The van der Waals surface area contributed by atoms with Crippen molar-refractivity contribution in [2.24, 2.45) is 4.99 Å². The Bertz CT molecular complexity index is 806. The lowest BCUT2D eigenvalue weighted by Crippen LogP contribution is -2.44. The van der Waals surface area contributed by atoms with E-state index in [0.29, 0.717) is 31.0 Å². The van der Waals surface area contributed by atoms with Gasteiger partial charge in [-0.2, -0.15) is 0 Å². The molecule has 0 spiro atoms. The molecule has 0 saturated heterocycles. The number of hydrogen-bond acceptors (Lipinski definition) is 2. The van der Waals surface area contributed by atoms with E-state index in [1.165, 1.54) is 11.6 Å². The third-order valence-electron chi connectivity index (χ3n) is 4.46. The van der Waals surface area contributed by atoms with Gasteiger partial charge in [-0.3, -0.25) is 9.79 Å². The zero-order chi connectivity index (χ0) is 18.4. The Morgan fingerprint density at radius 1 is 1.15 bits per heavy atom. The maximum Gasteiger partial charge on any atom is 0.246 e. The third kappa shape index (κ3) is 4.20. The Morgan fingerprint density at radius 2 is 1.92 bits per heavy atom. The fourth-order valence-corrected chi connectivity index (χ4v) is 3.09. The van der Waals surface area contributed by atoms with Crippen molar-refractivity contribution in [2.75, 3.05) is 31.6 Å². The first kappa shape index (κ1) is 17.9. The highest BCUT2D eigenvalue weighted by atomic mass is 19.1. The zero-order valence-electron chi connectivity index (χ0n) is 14.8. The van der Waals surface area contributed by atoms with E-state index in [0.717, 1.165) is 12.1 Å². The van der Waals surface area contributed by atoms with Crippen molar-refractivity contribution in [1.29, 1.82) is 0 Å². The number of guanidine groups is 1. The minimum Gasteiger partial charge on any atom is -0.356 e. The van der Waals surface area contributed by atoms with E-state index in [2.05, 4.69) is 21.7 Å². The monoisotopic (exact) mass is 354 g/mol. The predicted octanol–water partition coefficient (Wildman–Crippen LogP) is 2.12. The van der Waals surface area contributed by atoms with Crippen molar-refractivity contribution in [3.05, 3.63) is 65.5 Å². The second-order valence-electron chi connectivity index (χ2n) is 6.12. The molecule has 26 heavy (non-hydrogen) atoms. The van der Waals surface area contributed by atoms with Crippen LogP contribution in [-0.2, 0) is 17.6 Å². The number of carbonyl (C=O) groups excluding carboxylic acids is 1. The van der Waals surface area contributed by atoms with Gasteiger partial charge in [0, 0.05) is 25.8 Å². The summed E-state index contributed by atoms with van der Waals surface area (Å²) in [5, 5.41) is 6.14. The third-order valence-corrected chi connectivity index (χ3v) is 4.46. The maximum atomic E-state index is 13.6. The highest BCUT2D eigenvalue weighted by Gasteiger charge is 2.23. The summed E-state index contributed by atoms with van der Waals surface area (Å²) < 4.78 is 13.6. The molecule has 0 bridgehead atoms. The molecule has 0 radical (unpaired) electrons. The van der Waals surface area contributed by atoms with Crippen molar-refractivity contribution >= 4 is 17.6 Å². The van der Waals surface area contributed by atoms with Crippen molar-refractivity contribution < 1.29 is 9.18 Å². The van der Waals surface area contributed by atoms with E-state index >= 15 is 0 Å². The number of anilines is 1. The topological polar surface area (TPSA) is 56.7 Å². The van der Waals surface area contributed by atoms with Crippen molar-refractivity contribution in [3.63, 3.8) is 0 Å². The molecular formula is C20H23FN4O. The molecule has 0 aromatic heterocycles. The predicted molar refractivity (Wildman–Crippen MR) is 102 cm³/mol. The minimum absolute atomic E-state index is 0.00649. The van der Waals surface area contributed by atoms with Crippen molar-refractivity contribution in [3.8, 4) is 0 Å². The summed E-state index contributed by atoms with van der Waals surface area (Å²) in [6.45, 7) is 1.40. The van der Waals surface area contributed by atoms with Crippen LogP contribution in [0.4, 0.5) is 10.1 Å². The normalized spacial score (nSPS) is 13.5. The number of benzene rings is 2. The van der Waals surface area contributed by atoms with Gasteiger partial charge in [0.15, 0.2) is 5.96 Å². The molecule has 1 aliphatic heterocycles. The Labute approximate surface area is 152 Å². The molecule has 1 aliphatic rings. The number of amides is 1. The van der Waals surface area contributed by atoms with Gasteiger partial charge in [-0.15, -0.1) is 0 Å². The average Bonchev–Trinajstić information content (AvgIpc) is 3.10.